The number of fused-ring (bicyclic) bond motifs is 1. The van der Waals surface area contributed by atoms with E-state index in [1.165, 1.54) is 25.0 Å². The minimum atomic E-state index is -0.262. The lowest BCUT2D eigenvalue weighted by Gasteiger charge is -2.32. The van der Waals surface area contributed by atoms with Gasteiger partial charge in [0, 0.05) is 62.0 Å². The van der Waals surface area contributed by atoms with Gasteiger partial charge in [0.15, 0.2) is 5.78 Å². The minimum absolute atomic E-state index is 0.0474. The molecule has 0 N–H and O–H groups in total. The number of nitrogens with zero attached hydrogens (tertiary/aromatic N) is 3. The zero-order chi connectivity index (χ0) is 29.1. The summed E-state index contributed by atoms with van der Waals surface area (Å²) in [6, 6.07) is 17.8. The first-order valence-electron chi connectivity index (χ1n) is 15.2. The Balaban J connectivity index is 1.01. The van der Waals surface area contributed by atoms with Crippen LogP contribution in [0, 0.1) is 24.6 Å². The number of amides is 1. The zero-order valence-corrected chi connectivity index (χ0v) is 24.2. The van der Waals surface area contributed by atoms with Crippen molar-refractivity contribution < 1.29 is 18.7 Å². The van der Waals surface area contributed by atoms with Gasteiger partial charge in [-0.1, -0.05) is 24.3 Å². The van der Waals surface area contributed by atoms with Gasteiger partial charge in [0.2, 0.25) is 0 Å². The van der Waals surface area contributed by atoms with E-state index in [4.69, 9.17) is 9.84 Å². The van der Waals surface area contributed by atoms with Crippen molar-refractivity contribution in [2.24, 2.45) is 11.8 Å². The Morgan fingerprint density at radius 3 is 2.29 bits per heavy atom. The van der Waals surface area contributed by atoms with Crippen molar-refractivity contribution in [3.63, 3.8) is 0 Å². The molecule has 0 unspecified atom stereocenters. The number of halogens is 1. The number of aromatic nitrogens is 2. The van der Waals surface area contributed by atoms with Crippen molar-refractivity contribution in [3.05, 3.63) is 89.4 Å². The molecule has 218 valence electrons. The van der Waals surface area contributed by atoms with Crippen LogP contribution >= 0.6 is 0 Å². The number of ether oxygens (including phenoxy) is 1. The van der Waals surface area contributed by atoms with Gasteiger partial charge in [-0.15, -0.1) is 0 Å². The van der Waals surface area contributed by atoms with Gasteiger partial charge in [0.05, 0.1) is 5.52 Å². The third-order valence-electron chi connectivity index (χ3n) is 8.71. The predicted octanol–water partition coefficient (Wildman–Crippen LogP) is 7.09. The minimum Gasteiger partial charge on any atom is -0.381 e. The third kappa shape index (κ3) is 6.62. The molecular formula is C35H38FN3O3. The molecular weight excluding hydrogens is 529 g/mol. The number of hydrogen-bond donors (Lipinski definition) is 0. The van der Waals surface area contributed by atoms with Gasteiger partial charge < -0.3 is 9.64 Å². The Kier molecular flexibility index (Phi) is 8.47. The normalized spacial score (nSPS) is 15.8. The van der Waals surface area contributed by atoms with Crippen molar-refractivity contribution in [2.75, 3.05) is 26.3 Å². The quantitative estimate of drug-likeness (QED) is 0.143. The summed E-state index contributed by atoms with van der Waals surface area (Å²) in [6.45, 7) is 5.72. The lowest BCUT2D eigenvalue weighted by atomic mass is 9.96. The van der Waals surface area contributed by atoms with E-state index < -0.39 is 0 Å². The first kappa shape index (κ1) is 28.3. The number of aryl methyl sites for hydroxylation is 1. The van der Waals surface area contributed by atoms with Crippen LogP contribution in [0.25, 0.3) is 22.0 Å². The zero-order valence-electron chi connectivity index (χ0n) is 24.2. The summed E-state index contributed by atoms with van der Waals surface area (Å²) < 4.78 is 20.9. The van der Waals surface area contributed by atoms with Crippen molar-refractivity contribution >= 4 is 22.6 Å². The predicted molar refractivity (Wildman–Crippen MR) is 162 cm³/mol. The molecule has 7 heteroatoms. The van der Waals surface area contributed by atoms with Crippen LogP contribution in [0.4, 0.5) is 4.39 Å². The summed E-state index contributed by atoms with van der Waals surface area (Å²) in [4.78, 5) is 28.0. The van der Waals surface area contributed by atoms with Crippen LogP contribution in [0.3, 0.4) is 0 Å². The molecule has 2 fully saturated rings. The number of piperidine rings is 1. The molecule has 6 rings (SSSR count). The number of rotatable bonds is 11. The lowest BCUT2D eigenvalue weighted by molar-refractivity contribution is 0.0681. The number of Topliss-reactive ketones (excluding diaryl/α,β-unsaturated/α-hetero) is 1. The number of carbonyl (C=O) groups excluding carboxylic acids is 2. The van der Waals surface area contributed by atoms with Crippen LogP contribution in [0.5, 0.6) is 0 Å². The smallest absolute Gasteiger partial charge is 0.253 e. The molecule has 2 aliphatic rings. The second kappa shape index (κ2) is 12.6. The monoisotopic (exact) mass is 567 g/mol. The molecule has 1 saturated heterocycles. The van der Waals surface area contributed by atoms with Gasteiger partial charge in [-0.25, -0.2) is 4.39 Å². The van der Waals surface area contributed by atoms with Crippen molar-refractivity contribution in [3.8, 4) is 11.1 Å². The van der Waals surface area contributed by atoms with Crippen LogP contribution in [0.2, 0.25) is 0 Å². The van der Waals surface area contributed by atoms with Crippen molar-refractivity contribution in [2.45, 2.75) is 52.0 Å². The average Bonchev–Trinajstić information content (AvgIpc) is 3.74. The Bertz CT molecular complexity index is 1550. The molecule has 0 bridgehead atoms. The molecule has 2 heterocycles. The molecule has 0 atom stereocenters. The molecule has 3 aromatic carbocycles. The number of hydrogen-bond acceptors (Lipinski definition) is 4. The van der Waals surface area contributed by atoms with E-state index in [0.717, 1.165) is 71.5 Å². The van der Waals surface area contributed by atoms with Gasteiger partial charge in [-0.3, -0.25) is 14.3 Å². The lowest BCUT2D eigenvalue weighted by Crippen LogP contribution is -2.39. The average molecular weight is 568 g/mol. The van der Waals surface area contributed by atoms with E-state index in [1.807, 2.05) is 52.9 Å². The first-order chi connectivity index (χ1) is 20.4. The fourth-order valence-electron chi connectivity index (χ4n) is 5.89. The second-order valence-corrected chi connectivity index (χ2v) is 11.9. The van der Waals surface area contributed by atoms with Gasteiger partial charge in [0.25, 0.3) is 5.91 Å². The molecule has 1 saturated carbocycles. The van der Waals surface area contributed by atoms with E-state index in [2.05, 4.69) is 6.20 Å². The first-order valence-corrected chi connectivity index (χ1v) is 15.2. The highest BCUT2D eigenvalue weighted by Crippen LogP contribution is 2.29. The number of ketones is 1. The Labute approximate surface area is 246 Å². The summed E-state index contributed by atoms with van der Waals surface area (Å²) in [5.41, 5.74) is 5.23. The molecule has 1 aliphatic carbocycles. The summed E-state index contributed by atoms with van der Waals surface area (Å²) in [6.07, 6.45) is 7.72. The molecule has 1 aromatic heterocycles. The van der Waals surface area contributed by atoms with Crippen molar-refractivity contribution in [1.82, 2.24) is 14.7 Å². The Morgan fingerprint density at radius 1 is 0.905 bits per heavy atom. The van der Waals surface area contributed by atoms with Crippen LogP contribution in [0.15, 0.2) is 66.9 Å². The highest BCUT2D eigenvalue weighted by molar-refractivity contribution is 6.01. The standard InChI is InChI=1S/C35H38FN3O3/c1-24-31(34(40)3-2-20-42-23-26-4-5-26)14-15-33-32(24)22-39(37-33)21-25-16-18-38(19-17-25)35(41)29-8-6-27(7-9-29)28-10-12-30(36)13-11-28/h6-15,22,25-26H,2-5,16-21,23H2,1H3. The molecule has 0 spiro atoms. The maximum absolute atomic E-state index is 13.2. The number of carbonyl (C=O) groups is 2. The van der Waals surface area contributed by atoms with E-state index in [1.54, 1.807) is 12.1 Å². The highest BCUT2D eigenvalue weighted by Gasteiger charge is 2.25. The number of benzene rings is 3. The van der Waals surface area contributed by atoms with Crippen LogP contribution in [-0.2, 0) is 11.3 Å². The fraction of sp³-hybridized carbons (Fsp3) is 0.400. The van der Waals surface area contributed by atoms with Gasteiger partial charge in [0.1, 0.15) is 5.82 Å². The molecule has 1 aliphatic heterocycles. The van der Waals surface area contributed by atoms with Crippen LogP contribution < -0.4 is 0 Å². The van der Waals surface area contributed by atoms with E-state index >= 15 is 0 Å². The molecule has 4 aromatic rings. The summed E-state index contributed by atoms with van der Waals surface area (Å²) in [7, 11) is 0. The van der Waals surface area contributed by atoms with Gasteiger partial charge in [-0.05, 0) is 104 Å². The Morgan fingerprint density at radius 2 is 1.60 bits per heavy atom. The highest BCUT2D eigenvalue weighted by atomic mass is 19.1. The third-order valence-corrected chi connectivity index (χ3v) is 8.71. The van der Waals surface area contributed by atoms with E-state index in [-0.39, 0.29) is 17.5 Å². The SMILES string of the molecule is Cc1c(C(=O)CCCOCC2CC2)ccc2nn(CC3CCN(C(=O)c4ccc(-c5ccc(F)cc5)cc4)CC3)cc12. The fourth-order valence-corrected chi connectivity index (χ4v) is 5.89. The second-order valence-electron chi connectivity index (χ2n) is 11.9. The summed E-state index contributed by atoms with van der Waals surface area (Å²) in [5.74, 6) is 1.13. The summed E-state index contributed by atoms with van der Waals surface area (Å²) >= 11 is 0. The van der Waals surface area contributed by atoms with Gasteiger partial charge in [-0.2, -0.15) is 5.10 Å². The van der Waals surface area contributed by atoms with Crippen LogP contribution in [-0.4, -0.2) is 52.7 Å². The molecule has 1 amide bonds. The molecule has 42 heavy (non-hydrogen) atoms. The summed E-state index contributed by atoms with van der Waals surface area (Å²) in [5, 5.41) is 5.83. The molecule has 0 radical (unpaired) electrons. The van der Waals surface area contributed by atoms with Crippen LogP contribution in [0.1, 0.15) is 64.8 Å². The maximum atomic E-state index is 13.2. The van der Waals surface area contributed by atoms with E-state index in [0.29, 0.717) is 37.6 Å². The molecule has 6 nitrogen and oxygen atoms in total. The van der Waals surface area contributed by atoms with Crippen molar-refractivity contribution in [1.29, 1.82) is 0 Å². The van der Waals surface area contributed by atoms with E-state index in [9.17, 15) is 14.0 Å². The Hall–Kier alpha value is -3.84. The van der Waals surface area contributed by atoms with Gasteiger partial charge >= 0.3 is 0 Å². The largest absolute Gasteiger partial charge is 0.381 e. The topological polar surface area (TPSA) is 64.4 Å². The maximum Gasteiger partial charge on any atom is 0.253 e. The number of likely N-dealkylation sites (tertiary alicyclic amines) is 1.